The van der Waals surface area contributed by atoms with Crippen molar-refractivity contribution in [2.75, 3.05) is 12.4 Å². The van der Waals surface area contributed by atoms with Crippen LogP contribution in [0.15, 0.2) is 47.4 Å². The minimum atomic E-state index is -3.71. The summed E-state index contributed by atoms with van der Waals surface area (Å²) in [6.45, 7) is 7.25. The van der Waals surface area contributed by atoms with Crippen molar-refractivity contribution in [3.8, 4) is 11.5 Å². The lowest BCUT2D eigenvalue weighted by molar-refractivity contribution is -0.122. The summed E-state index contributed by atoms with van der Waals surface area (Å²) >= 11 is 0. The van der Waals surface area contributed by atoms with Gasteiger partial charge in [-0.2, -0.15) is 0 Å². The lowest BCUT2D eigenvalue weighted by Crippen LogP contribution is -2.33. The molecule has 8 heteroatoms. The van der Waals surface area contributed by atoms with Crippen LogP contribution in [0.2, 0.25) is 0 Å². The molecule has 0 aromatic heterocycles. The third-order valence-corrected chi connectivity index (χ3v) is 5.72. The Labute approximate surface area is 172 Å². The summed E-state index contributed by atoms with van der Waals surface area (Å²) in [5, 5.41) is 2.73. The van der Waals surface area contributed by atoms with Crippen LogP contribution in [0.1, 0.15) is 32.8 Å². The van der Waals surface area contributed by atoms with Gasteiger partial charge in [0.2, 0.25) is 10.0 Å². The van der Waals surface area contributed by atoms with Gasteiger partial charge in [0.15, 0.2) is 6.10 Å². The minimum Gasteiger partial charge on any atom is -0.495 e. The minimum absolute atomic E-state index is 0.0370. The van der Waals surface area contributed by atoms with E-state index < -0.39 is 22.0 Å². The van der Waals surface area contributed by atoms with Crippen molar-refractivity contribution in [2.45, 2.75) is 51.2 Å². The Hall–Kier alpha value is -2.58. The Morgan fingerprint density at radius 3 is 2.45 bits per heavy atom. The number of carbonyl (C=O) groups is 1. The molecule has 0 fully saturated rings. The molecule has 1 amide bonds. The third kappa shape index (κ3) is 6.20. The second-order valence-corrected chi connectivity index (χ2v) is 8.67. The molecule has 7 nitrogen and oxygen atoms in total. The summed E-state index contributed by atoms with van der Waals surface area (Å²) in [7, 11) is -2.26. The Morgan fingerprint density at radius 2 is 1.86 bits per heavy atom. The summed E-state index contributed by atoms with van der Waals surface area (Å²) in [4.78, 5) is 12.8. The molecule has 0 aliphatic rings. The molecule has 2 N–H and O–H groups in total. The number of sulfonamides is 1. The number of ether oxygens (including phenoxy) is 2. The van der Waals surface area contributed by atoms with Crippen LogP contribution in [0.4, 0.5) is 5.69 Å². The molecule has 0 radical (unpaired) electrons. The average molecular weight is 421 g/mol. The van der Waals surface area contributed by atoms with Crippen LogP contribution in [0.25, 0.3) is 0 Å². The number of methoxy groups -OCH3 is 1. The van der Waals surface area contributed by atoms with Crippen LogP contribution >= 0.6 is 0 Å². The van der Waals surface area contributed by atoms with Crippen molar-refractivity contribution in [1.29, 1.82) is 0 Å². The standard InChI is InChI=1S/C21H28N2O5S/c1-6-19(28-16-9-7-8-15(4)12-16)21(24)22-18-13-17(10-11-20(18)27-5)29(25,26)23-14(2)3/h7-14,19,23H,6H2,1-5H3,(H,22,24)/t19-/m0/s1. The van der Waals surface area contributed by atoms with Gasteiger partial charge in [-0.3, -0.25) is 4.79 Å². The van der Waals surface area contributed by atoms with E-state index in [9.17, 15) is 13.2 Å². The third-order valence-electron chi connectivity index (χ3n) is 4.06. The predicted molar refractivity (Wildman–Crippen MR) is 113 cm³/mol. The van der Waals surface area contributed by atoms with E-state index in [1.54, 1.807) is 19.9 Å². The number of amides is 1. The fraction of sp³-hybridized carbons (Fsp3) is 0.381. The van der Waals surface area contributed by atoms with Crippen LogP contribution in [0, 0.1) is 6.92 Å². The van der Waals surface area contributed by atoms with Gasteiger partial charge in [0.25, 0.3) is 5.91 Å². The molecule has 0 saturated carbocycles. The van der Waals surface area contributed by atoms with Crippen molar-refractivity contribution in [1.82, 2.24) is 4.72 Å². The van der Waals surface area contributed by atoms with Crippen LogP contribution in [-0.4, -0.2) is 33.6 Å². The summed E-state index contributed by atoms with van der Waals surface area (Å²) in [6, 6.07) is 11.5. The van der Waals surface area contributed by atoms with Gasteiger partial charge in [0, 0.05) is 6.04 Å². The van der Waals surface area contributed by atoms with Gasteiger partial charge in [-0.1, -0.05) is 19.1 Å². The first kappa shape index (κ1) is 22.7. The van der Waals surface area contributed by atoms with Crippen molar-refractivity contribution in [2.24, 2.45) is 0 Å². The Kier molecular flexibility index (Phi) is 7.64. The van der Waals surface area contributed by atoms with Gasteiger partial charge in [0.1, 0.15) is 11.5 Å². The average Bonchev–Trinajstić information content (AvgIpc) is 2.65. The molecule has 1 atom stereocenters. The molecule has 0 bridgehead atoms. The van der Waals surface area contributed by atoms with E-state index in [0.29, 0.717) is 17.9 Å². The zero-order chi connectivity index (χ0) is 21.6. The van der Waals surface area contributed by atoms with Gasteiger partial charge >= 0.3 is 0 Å². The maximum Gasteiger partial charge on any atom is 0.265 e. The first-order valence-corrected chi connectivity index (χ1v) is 10.9. The summed E-state index contributed by atoms with van der Waals surface area (Å²) in [5.41, 5.74) is 1.28. The highest BCUT2D eigenvalue weighted by Crippen LogP contribution is 2.28. The van der Waals surface area contributed by atoms with Crippen LogP contribution in [0.5, 0.6) is 11.5 Å². The maximum absolute atomic E-state index is 12.8. The second kappa shape index (κ2) is 9.76. The molecule has 29 heavy (non-hydrogen) atoms. The second-order valence-electron chi connectivity index (χ2n) is 6.96. The molecule has 0 aliphatic heterocycles. The molecule has 2 aromatic carbocycles. The molecule has 2 aromatic rings. The van der Waals surface area contributed by atoms with Crippen molar-refractivity contribution in [3.63, 3.8) is 0 Å². The van der Waals surface area contributed by atoms with Gasteiger partial charge < -0.3 is 14.8 Å². The summed E-state index contributed by atoms with van der Waals surface area (Å²) in [5.74, 6) is 0.558. The first-order valence-electron chi connectivity index (χ1n) is 9.40. The van der Waals surface area contributed by atoms with Crippen molar-refractivity contribution >= 4 is 21.6 Å². The normalized spacial score (nSPS) is 12.5. The molecule has 158 valence electrons. The van der Waals surface area contributed by atoms with Gasteiger partial charge in [-0.05, 0) is 63.1 Å². The summed E-state index contributed by atoms with van der Waals surface area (Å²) < 4.78 is 38.5. The number of benzene rings is 2. The van der Waals surface area contributed by atoms with E-state index in [2.05, 4.69) is 10.0 Å². The first-order chi connectivity index (χ1) is 13.7. The van der Waals surface area contributed by atoms with Gasteiger partial charge in [-0.15, -0.1) is 0 Å². The number of aryl methyl sites for hydroxylation is 1. The van der Waals surface area contributed by atoms with E-state index in [0.717, 1.165) is 5.56 Å². The molecular weight excluding hydrogens is 392 g/mol. The highest BCUT2D eigenvalue weighted by atomic mass is 32.2. The highest BCUT2D eigenvalue weighted by Gasteiger charge is 2.22. The molecule has 0 aliphatic carbocycles. The molecular formula is C21H28N2O5S. The predicted octanol–water partition coefficient (Wildman–Crippen LogP) is 3.49. The topological polar surface area (TPSA) is 93.7 Å². The largest absolute Gasteiger partial charge is 0.495 e. The number of nitrogens with one attached hydrogen (secondary N) is 2. The monoisotopic (exact) mass is 420 g/mol. The fourth-order valence-corrected chi connectivity index (χ4v) is 4.00. The van der Waals surface area contributed by atoms with E-state index in [-0.39, 0.29) is 16.6 Å². The van der Waals surface area contributed by atoms with E-state index in [1.165, 1.54) is 25.3 Å². The zero-order valence-corrected chi connectivity index (χ0v) is 18.2. The Bertz CT molecular complexity index is 957. The number of hydrogen-bond acceptors (Lipinski definition) is 5. The van der Waals surface area contributed by atoms with Crippen LogP contribution in [-0.2, 0) is 14.8 Å². The number of carbonyl (C=O) groups excluding carboxylic acids is 1. The zero-order valence-electron chi connectivity index (χ0n) is 17.4. The number of rotatable bonds is 9. The Morgan fingerprint density at radius 1 is 1.14 bits per heavy atom. The lowest BCUT2D eigenvalue weighted by Gasteiger charge is -2.19. The smallest absolute Gasteiger partial charge is 0.265 e. The SMILES string of the molecule is CC[C@H](Oc1cccc(C)c1)C(=O)Nc1cc(S(=O)(=O)NC(C)C)ccc1OC. The molecule has 0 saturated heterocycles. The molecule has 0 heterocycles. The fourth-order valence-electron chi connectivity index (χ4n) is 2.72. The molecule has 0 unspecified atom stereocenters. The lowest BCUT2D eigenvalue weighted by atomic mass is 10.2. The van der Waals surface area contributed by atoms with E-state index in [1.807, 2.05) is 32.0 Å². The maximum atomic E-state index is 12.8. The van der Waals surface area contributed by atoms with Crippen LogP contribution < -0.4 is 19.5 Å². The van der Waals surface area contributed by atoms with Gasteiger partial charge in [-0.25, -0.2) is 13.1 Å². The highest BCUT2D eigenvalue weighted by molar-refractivity contribution is 7.89. The van der Waals surface area contributed by atoms with Crippen molar-refractivity contribution in [3.05, 3.63) is 48.0 Å². The number of hydrogen-bond donors (Lipinski definition) is 2. The van der Waals surface area contributed by atoms with E-state index in [4.69, 9.17) is 9.47 Å². The van der Waals surface area contributed by atoms with Crippen LogP contribution in [0.3, 0.4) is 0 Å². The van der Waals surface area contributed by atoms with E-state index >= 15 is 0 Å². The molecule has 2 rings (SSSR count). The number of anilines is 1. The van der Waals surface area contributed by atoms with Crippen molar-refractivity contribution < 1.29 is 22.7 Å². The summed E-state index contributed by atoms with van der Waals surface area (Å²) in [6.07, 6.45) is -0.301. The Balaban J connectivity index is 2.26. The molecule has 0 spiro atoms. The quantitative estimate of drug-likeness (QED) is 0.648. The van der Waals surface area contributed by atoms with Gasteiger partial charge in [0.05, 0.1) is 17.7 Å².